The lowest BCUT2D eigenvalue weighted by Crippen LogP contribution is -2.63. The zero-order valence-corrected chi connectivity index (χ0v) is 16.1. The number of carbonyl (C=O) groups is 3. The van der Waals surface area contributed by atoms with Crippen LogP contribution in [-0.2, 0) is 14.4 Å². The minimum absolute atomic E-state index is 0.0188. The van der Waals surface area contributed by atoms with Gasteiger partial charge in [-0.2, -0.15) is 0 Å². The maximum Gasteiger partial charge on any atom is 0.312 e. The molecule has 9 nitrogen and oxygen atoms in total. The number of carboxylic acid groups (broad SMARTS) is 1. The number of benzene rings is 1. The van der Waals surface area contributed by atoms with Crippen molar-refractivity contribution in [1.29, 1.82) is 5.41 Å². The number of rotatable bonds is 10. The number of hydrogen-bond donors (Lipinski definition) is 4. The van der Waals surface area contributed by atoms with Crippen LogP contribution in [0.4, 0.5) is 0 Å². The van der Waals surface area contributed by atoms with E-state index >= 15 is 0 Å². The molecule has 1 aliphatic carbocycles. The molecule has 9 heteroatoms. The van der Waals surface area contributed by atoms with Gasteiger partial charge in [0, 0.05) is 18.7 Å². The summed E-state index contributed by atoms with van der Waals surface area (Å²) in [6.07, 6.45) is 2.53. The summed E-state index contributed by atoms with van der Waals surface area (Å²) in [6, 6.07) is 6.84. The van der Waals surface area contributed by atoms with E-state index in [1.54, 1.807) is 24.3 Å². The predicted molar refractivity (Wildman–Crippen MR) is 105 cm³/mol. The van der Waals surface area contributed by atoms with Crippen molar-refractivity contribution in [2.45, 2.75) is 37.6 Å². The van der Waals surface area contributed by atoms with E-state index in [1.807, 2.05) is 0 Å². The molecule has 29 heavy (non-hydrogen) atoms. The van der Waals surface area contributed by atoms with Crippen LogP contribution in [0.2, 0.25) is 0 Å². The highest BCUT2D eigenvalue weighted by Crippen LogP contribution is 2.48. The summed E-state index contributed by atoms with van der Waals surface area (Å²) in [5.74, 6) is -1.60. The summed E-state index contributed by atoms with van der Waals surface area (Å²) in [5, 5.41) is 19.4. The van der Waals surface area contributed by atoms with Crippen LogP contribution in [0.5, 0.6) is 5.75 Å². The topological polar surface area (TPSA) is 146 Å². The number of nitrogen functional groups attached to an aromatic ring is 1. The molecule has 2 fully saturated rings. The molecule has 1 aromatic rings. The molecule has 1 heterocycles. The van der Waals surface area contributed by atoms with Crippen LogP contribution in [0.3, 0.4) is 0 Å². The summed E-state index contributed by atoms with van der Waals surface area (Å²) < 4.78 is 5.74. The van der Waals surface area contributed by atoms with Crippen LogP contribution in [0.25, 0.3) is 0 Å². The smallest absolute Gasteiger partial charge is 0.312 e. The Balaban J connectivity index is 1.67. The number of piperazine rings is 1. The minimum atomic E-state index is -0.976. The van der Waals surface area contributed by atoms with Crippen molar-refractivity contribution < 1.29 is 24.2 Å². The Morgan fingerprint density at radius 3 is 2.59 bits per heavy atom. The van der Waals surface area contributed by atoms with Gasteiger partial charge in [0.15, 0.2) is 0 Å². The normalized spacial score (nSPS) is 18.7. The summed E-state index contributed by atoms with van der Waals surface area (Å²) in [7, 11) is 0. The fourth-order valence-corrected chi connectivity index (χ4v) is 4.08. The Hall–Kier alpha value is -3.10. The van der Waals surface area contributed by atoms with Gasteiger partial charge in [-0.05, 0) is 55.9 Å². The van der Waals surface area contributed by atoms with Crippen molar-refractivity contribution in [3.8, 4) is 5.75 Å². The van der Waals surface area contributed by atoms with Gasteiger partial charge in [-0.3, -0.25) is 19.8 Å². The minimum Gasteiger partial charge on any atom is -0.494 e. The maximum absolute atomic E-state index is 12.5. The second-order valence-electron chi connectivity index (χ2n) is 7.55. The number of amides is 2. The van der Waals surface area contributed by atoms with Crippen molar-refractivity contribution in [3.63, 3.8) is 0 Å². The first-order valence-electron chi connectivity index (χ1n) is 9.72. The molecular weight excluding hydrogens is 376 g/mol. The molecular formula is C20H26N4O5. The highest BCUT2D eigenvalue weighted by Gasteiger charge is 2.53. The van der Waals surface area contributed by atoms with Gasteiger partial charge >= 0.3 is 17.8 Å². The van der Waals surface area contributed by atoms with E-state index < -0.39 is 23.3 Å². The average molecular weight is 402 g/mol. The summed E-state index contributed by atoms with van der Waals surface area (Å²) >= 11 is 0. The molecule has 156 valence electrons. The summed E-state index contributed by atoms with van der Waals surface area (Å²) in [6.45, 7) is 1.00. The monoisotopic (exact) mass is 402 g/mol. The van der Waals surface area contributed by atoms with Crippen LogP contribution in [0.15, 0.2) is 24.3 Å². The number of ether oxygens (including phenoxy) is 1. The Morgan fingerprint density at radius 1 is 1.31 bits per heavy atom. The van der Waals surface area contributed by atoms with E-state index in [0.717, 1.165) is 12.8 Å². The molecule has 3 rings (SSSR count). The van der Waals surface area contributed by atoms with Crippen LogP contribution in [-0.4, -0.2) is 58.9 Å². The number of nitrogens with zero attached hydrogens (tertiary/aromatic N) is 1. The standard InChI is InChI=1S/C20H26N4O5/c21-17(22)13-2-6-15(7-3-13)29-11-1-8-20(12-16(25)26,14-4-5-14)24-10-9-23-18(27)19(24)28/h2-3,6-7,14H,1,4-5,8-12H2,(H3,21,22)(H,23,27)(H,25,26). The van der Waals surface area contributed by atoms with E-state index in [-0.39, 0.29) is 18.2 Å². The lowest BCUT2D eigenvalue weighted by atomic mass is 9.82. The molecule has 5 N–H and O–H groups in total. The van der Waals surface area contributed by atoms with Gasteiger partial charge in [-0.25, -0.2) is 0 Å². The summed E-state index contributed by atoms with van der Waals surface area (Å²) in [5.41, 5.74) is 5.18. The predicted octanol–water partition coefficient (Wildman–Crippen LogP) is 0.712. The Kier molecular flexibility index (Phi) is 6.05. The third-order valence-electron chi connectivity index (χ3n) is 5.58. The van der Waals surface area contributed by atoms with Crippen LogP contribution >= 0.6 is 0 Å². The van der Waals surface area contributed by atoms with Gasteiger partial charge in [0.1, 0.15) is 11.6 Å². The van der Waals surface area contributed by atoms with Crippen LogP contribution in [0.1, 0.15) is 37.7 Å². The highest BCUT2D eigenvalue weighted by molar-refractivity contribution is 6.35. The first kappa shape index (κ1) is 20.6. The molecule has 1 atom stereocenters. The number of nitrogens with two attached hydrogens (primary N) is 1. The van der Waals surface area contributed by atoms with E-state index in [9.17, 15) is 19.5 Å². The lowest BCUT2D eigenvalue weighted by molar-refractivity contribution is -0.157. The highest BCUT2D eigenvalue weighted by atomic mass is 16.5. The number of carboxylic acids is 1. The quantitative estimate of drug-likeness (QED) is 0.196. The van der Waals surface area contributed by atoms with Crippen molar-refractivity contribution in [1.82, 2.24) is 10.2 Å². The first-order valence-corrected chi connectivity index (χ1v) is 9.72. The number of carbonyl (C=O) groups excluding carboxylic acids is 2. The lowest BCUT2D eigenvalue weighted by Gasteiger charge is -2.45. The van der Waals surface area contributed by atoms with Crippen molar-refractivity contribution in [2.24, 2.45) is 11.7 Å². The first-order chi connectivity index (χ1) is 13.8. The molecule has 1 aliphatic heterocycles. The molecule has 1 saturated carbocycles. The third kappa shape index (κ3) is 4.67. The third-order valence-corrected chi connectivity index (χ3v) is 5.58. The second kappa shape index (κ2) is 8.50. The number of aliphatic carboxylic acids is 1. The molecule has 1 saturated heterocycles. The van der Waals surface area contributed by atoms with Crippen LogP contribution < -0.4 is 15.8 Å². The van der Waals surface area contributed by atoms with Crippen molar-refractivity contribution >= 4 is 23.6 Å². The average Bonchev–Trinajstić information content (AvgIpc) is 3.52. The van der Waals surface area contributed by atoms with Gasteiger partial charge in [0.05, 0.1) is 18.6 Å². The zero-order valence-electron chi connectivity index (χ0n) is 16.1. The number of nitrogens with one attached hydrogen (secondary N) is 2. The fourth-order valence-electron chi connectivity index (χ4n) is 4.08. The Labute approximate surface area is 168 Å². The van der Waals surface area contributed by atoms with Gasteiger partial charge < -0.3 is 25.8 Å². The van der Waals surface area contributed by atoms with E-state index in [0.29, 0.717) is 43.9 Å². The SMILES string of the molecule is N=C(N)c1ccc(OCCCC(CC(=O)O)(C2CC2)N2CCNC(=O)C2=O)cc1. The second-order valence-corrected chi connectivity index (χ2v) is 7.55. The Morgan fingerprint density at radius 2 is 2.00 bits per heavy atom. The summed E-state index contributed by atoms with van der Waals surface area (Å²) in [4.78, 5) is 37.5. The van der Waals surface area contributed by atoms with Crippen molar-refractivity contribution in [2.75, 3.05) is 19.7 Å². The molecule has 2 amide bonds. The molecule has 0 radical (unpaired) electrons. The van der Waals surface area contributed by atoms with Gasteiger partial charge in [0.2, 0.25) is 0 Å². The van der Waals surface area contributed by atoms with Gasteiger partial charge in [0.25, 0.3) is 0 Å². The molecule has 0 aromatic heterocycles. The molecule has 2 aliphatic rings. The maximum atomic E-state index is 12.5. The fraction of sp³-hybridized carbons (Fsp3) is 0.500. The number of amidine groups is 1. The molecule has 1 unspecified atom stereocenters. The zero-order chi connectivity index (χ0) is 21.0. The molecule has 1 aromatic carbocycles. The largest absolute Gasteiger partial charge is 0.494 e. The van der Waals surface area contributed by atoms with Gasteiger partial charge in [-0.15, -0.1) is 0 Å². The Bertz CT molecular complexity index is 806. The molecule has 0 bridgehead atoms. The van der Waals surface area contributed by atoms with E-state index in [1.165, 1.54) is 4.90 Å². The van der Waals surface area contributed by atoms with Crippen LogP contribution in [0, 0.1) is 11.3 Å². The number of hydrogen-bond acceptors (Lipinski definition) is 5. The molecule has 0 spiro atoms. The van der Waals surface area contributed by atoms with Crippen molar-refractivity contribution in [3.05, 3.63) is 29.8 Å². The van der Waals surface area contributed by atoms with E-state index in [2.05, 4.69) is 5.32 Å². The van der Waals surface area contributed by atoms with Gasteiger partial charge in [-0.1, -0.05) is 0 Å². The van der Waals surface area contributed by atoms with E-state index in [4.69, 9.17) is 15.9 Å².